The molecule has 0 atom stereocenters. The molecule has 3 rings (SSSR count). The lowest BCUT2D eigenvalue weighted by molar-refractivity contribution is -0.113. The zero-order valence-corrected chi connectivity index (χ0v) is 16.4. The Morgan fingerprint density at radius 1 is 1.23 bits per heavy atom. The van der Waals surface area contributed by atoms with Gasteiger partial charge in [0.15, 0.2) is 5.17 Å². The quantitative estimate of drug-likeness (QED) is 0.682. The molecule has 2 aromatic rings. The Labute approximate surface area is 162 Å². The topological polar surface area (TPSA) is 41.9 Å². The van der Waals surface area contributed by atoms with Crippen molar-refractivity contribution in [1.82, 2.24) is 0 Å². The number of halogens is 1. The minimum Gasteiger partial charge on any atom is -0.497 e. The van der Waals surface area contributed by atoms with Gasteiger partial charge in [0.1, 0.15) is 11.4 Å². The first-order valence-corrected chi connectivity index (χ1v) is 9.57. The number of carbonyl (C=O) groups excluding carboxylic acids is 1. The van der Waals surface area contributed by atoms with Crippen molar-refractivity contribution in [2.75, 3.05) is 17.8 Å². The van der Waals surface area contributed by atoms with Gasteiger partial charge in [-0.3, -0.25) is 9.69 Å². The van der Waals surface area contributed by atoms with E-state index in [1.54, 1.807) is 24.2 Å². The number of carbonyl (C=O) groups is 1. The van der Waals surface area contributed by atoms with Crippen LogP contribution in [0.2, 0.25) is 5.02 Å². The van der Waals surface area contributed by atoms with Gasteiger partial charge in [0.25, 0.3) is 5.91 Å². The van der Waals surface area contributed by atoms with Crippen LogP contribution in [0.5, 0.6) is 5.75 Å². The second kappa shape index (κ2) is 7.98. The first-order chi connectivity index (χ1) is 12.5. The highest BCUT2D eigenvalue weighted by atomic mass is 35.5. The van der Waals surface area contributed by atoms with Crippen molar-refractivity contribution in [2.24, 2.45) is 4.99 Å². The number of benzene rings is 2. The van der Waals surface area contributed by atoms with Crippen molar-refractivity contribution in [3.05, 3.63) is 64.3 Å². The average molecular weight is 387 g/mol. The number of anilines is 1. The molecule has 134 valence electrons. The van der Waals surface area contributed by atoms with E-state index in [-0.39, 0.29) is 5.91 Å². The molecule has 0 fully saturated rings. The summed E-state index contributed by atoms with van der Waals surface area (Å²) in [4.78, 5) is 19.1. The average Bonchev–Trinajstić information content (AvgIpc) is 2.94. The van der Waals surface area contributed by atoms with Crippen LogP contribution in [0.25, 0.3) is 6.08 Å². The third kappa shape index (κ3) is 3.79. The van der Waals surface area contributed by atoms with E-state index < -0.39 is 0 Å². The number of amidine groups is 1. The number of amides is 1. The fraction of sp³-hybridized carbons (Fsp3) is 0.200. The predicted octanol–water partition coefficient (Wildman–Crippen LogP) is 5.15. The SMILES string of the molecule is CCSC1=NC(=Cc2ccc(OC)cc2)C(=O)N1c1ccc(C)c(Cl)c1. The molecular weight excluding hydrogens is 368 g/mol. The number of hydrogen-bond acceptors (Lipinski definition) is 4. The van der Waals surface area contributed by atoms with Crippen molar-refractivity contribution < 1.29 is 9.53 Å². The van der Waals surface area contributed by atoms with Gasteiger partial charge in [-0.2, -0.15) is 0 Å². The van der Waals surface area contributed by atoms with Gasteiger partial charge in [-0.25, -0.2) is 4.99 Å². The van der Waals surface area contributed by atoms with E-state index in [1.165, 1.54) is 11.8 Å². The van der Waals surface area contributed by atoms with E-state index >= 15 is 0 Å². The Hall–Kier alpha value is -2.24. The fourth-order valence-corrected chi connectivity index (χ4v) is 3.44. The first-order valence-electron chi connectivity index (χ1n) is 8.21. The summed E-state index contributed by atoms with van der Waals surface area (Å²) in [6.45, 7) is 3.96. The van der Waals surface area contributed by atoms with Crippen molar-refractivity contribution in [3.8, 4) is 5.75 Å². The molecule has 4 nitrogen and oxygen atoms in total. The Morgan fingerprint density at radius 3 is 2.58 bits per heavy atom. The lowest BCUT2D eigenvalue weighted by atomic mass is 10.1. The van der Waals surface area contributed by atoms with E-state index in [0.29, 0.717) is 15.9 Å². The number of methoxy groups -OCH3 is 1. The molecule has 26 heavy (non-hydrogen) atoms. The molecule has 0 saturated carbocycles. The first kappa shape index (κ1) is 18.5. The molecule has 1 heterocycles. The zero-order chi connectivity index (χ0) is 18.7. The van der Waals surface area contributed by atoms with Gasteiger partial charge >= 0.3 is 0 Å². The minimum absolute atomic E-state index is 0.156. The molecule has 1 aliphatic heterocycles. The molecule has 0 N–H and O–H groups in total. The minimum atomic E-state index is -0.156. The van der Waals surface area contributed by atoms with Gasteiger partial charge < -0.3 is 4.74 Å². The summed E-state index contributed by atoms with van der Waals surface area (Å²) < 4.78 is 5.17. The number of hydrogen-bond donors (Lipinski definition) is 0. The number of ether oxygens (including phenoxy) is 1. The van der Waals surface area contributed by atoms with E-state index in [4.69, 9.17) is 16.3 Å². The highest BCUT2D eigenvalue weighted by Gasteiger charge is 2.31. The Bertz CT molecular complexity index is 891. The van der Waals surface area contributed by atoms with E-state index in [0.717, 1.165) is 28.3 Å². The monoisotopic (exact) mass is 386 g/mol. The standard InChI is InChI=1S/C20H19ClN2O2S/c1-4-26-20-22-18(11-14-6-9-16(25-3)10-7-14)19(24)23(20)15-8-5-13(2)17(21)12-15/h5-12H,4H2,1-3H3. The van der Waals surface area contributed by atoms with Crippen LogP contribution in [0, 0.1) is 6.92 Å². The summed E-state index contributed by atoms with van der Waals surface area (Å²) in [6.07, 6.45) is 1.79. The molecule has 0 aliphatic carbocycles. The fourth-order valence-electron chi connectivity index (χ4n) is 2.53. The molecule has 0 radical (unpaired) electrons. The van der Waals surface area contributed by atoms with Crippen LogP contribution in [0.3, 0.4) is 0 Å². The smallest absolute Gasteiger partial charge is 0.283 e. The Balaban J connectivity index is 1.96. The predicted molar refractivity (Wildman–Crippen MR) is 110 cm³/mol. The highest BCUT2D eigenvalue weighted by Crippen LogP contribution is 2.31. The van der Waals surface area contributed by atoms with Crippen molar-refractivity contribution >= 4 is 46.2 Å². The summed E-state index contributed by atoms with van der Waals surface area (Å²) in [7, 11) is 1.62. The Morgan fingerprint density at radius 2 is 1.96 bits per heavy atom. The molecule has 1 aliphatic rings. The van der Waals surface area contributed by atoms with E-state index in [2.05, 4.69) is 4.99 Å². The lowest BCUT2D eigenvalue weighted by Gasteiger charge is -2.18. The molecule has 0 saturated heterocycles. The van der Waals surface area contributed by atoms with Gasteiger partial charge in [-0.05, 0) is 54.1 Å². The van der Waals surface area contributed by atoms with Crippen LogP contribution in [0.1, 0.15) is 18.1 Å². The lowest BCUT2D eigenvalue weighted by Crippen LogP contribution is -2.30. The summed E-state index contributed by atoms with van der Waals surface area (Å²) in [5.41, 5.74) is 2.99. The number of rotatable bonds is 4. The second-order valence-corrected chi connectivity index (χ2v) is 7.34. The third-order valence-corrected chi connectivity index (χ3v) is 5.16. The number of nitrogens with zero attached hydrogens (tertiary/aromatic N) is 2. The maximum atomic E-state index is 13.0. The number of aliphatic imine (C=N–C) groups is 1. The molecular formula is C20H19ClN2O2S. The van der Waals surface area contributed by atoms with Crippen molar-refractivity contribution in [1.29, 1.82) is 0 Å². The summed E-state index contributed by atoms with van der Waals surface area (Å²) in [5.74, 6) is 1.43. The normalized spacial score (nSPS) is 15.5. The van der Waals surface area contributed by atoms with Crippen LogP contribution in [-0.2, 0) is 4.79 Å². The Kier molecular flexibility index (Phi) is 5.69. The van der Waals surface area contributed by atoms with Gasteiger partial charge in [-0.1, -0.05) is 48.5 Å². The van der Waals surface area contributed by atoms with E-state index in [9.17, 15) is 4.79 Å². The highest BCUT2D eigenvalue weighted by molar-refractivity contribution is 8.14. The van der Waals surface area contributed by atoms with Crippen molar-refractivity contribution in [3.63, 3.8) is 0 Å². The van der Waals surface area contributed by atoms with Crippen LogP contribution in [0.15, 0.2) is 53.2 Å². The summed E-state index contributed by atoms with van der Waals surface area (Å²) >= 11 is 7.78. The second-order valence-electron chi connectivity index (χ2n) is 5.70. The van der Waals surface area contributed by atoms with Crippen LogP contribution in [0.4, 0.5) is 5.69 Å². The molecule has 1 amide bonds. The van der Waals surface area contributed by atoms with Crippen LogP contribution >= 0.6 is 23.4 Å². The zero-order valence-electron chi connectivity index (χ0n) is 14.8. The van der Waals surface area contributed by atoms with E-state index in [1.807, 2.05) is 50.2 Å². The third-order valence-electron chi connectivity index (χ3n) is 3.94. The van der Waals surface area contributed by atoms with Crippen LogP contribution < -0.4 is 9.64 Å². The van der Waals surface area contributed by atoms with Gasteiger partial charge in [-0.15, -0.1) is 0 Å². The maximum Gasteiger partial charge on any atom is 0.283 e. The maximum absolute atomic E-state index is 13.0. The van der Waals surface area contributed by atoms with Crippen molar-refractivity contribution in [2.45, 2.75) is 13.8 Å². The molecule has 2 aromatic carbocycles. The molecule has 0 aromatic heterocycles. The largest absolute Gasteiger partial charge is 0.497 e. The summed E-state index contributed by atoms with van der Waals surface area (Å²) in [6, 6.07) is 13.1. The number of aryl methyl sites for hydroxylation is 1. The van der Waals surface area contributed by atoms with Gasteiger partial charge in [0.05, 0.1) is 12.8 Å². The van der Waals surface area contributed by atoms with Gasteiger partial charge in [0.2, 0.25) is 0 Å². The number of thioether (sulfide) groups is 1. The van der Waals surface area contributed by atoms with Crippen LogP contribution in [-0.4, -0.2) is 23.9 Å². The van der Waals surface area contributed by atoms with Gasteiger partial charge in [0, 0.05) is 5.02 Å². The molecule has 0 bridgehead atoms. The summed E-state index contributed by atoms with van der Waals surface area (Å²) in [5, 5.41) is 1.29. The molecule has 6 heteroatoms. The molecule has 0 spiro atoms. The molecule has 0 unspecified atom stereocenters.